The summed E-state index contributed by atoms with van der Waals surface area (Å²) in [5, 5.41) is 11.6. The molecule has 0 bridgehead atoms. The fraction of sp³-hybridized carbons (Fsp3) is 0.222. The van der Waals surface area contributed by atoms with E-state index in [9.17, 15) is 9.18 Å². The highest BCUT2D eigenvalue weighted by molar-refractivity contribution is 6.30. The summed E-state index contributed by atoms with van der Waals surface area (Å²) in [6, 6.07) is 11.6. The third-order valence-corrected chi connectivity index (χ3v) is 4.76. The summed E-state index contributed by atoms with van der Waals surface area (Å²) in [7, 11) is 0. The van der Waals surface area contributed by atoms with Gasteiger partial charge in [0.1, 0.15) is 12.1 Å². The topological polar surface area (TPSA) is 67.2 Å². The van der Waals surface area contributed by atoms with Crippen LogP contribution in [-0.4, -0.2) is 57.2 Å². The quantitative estimate of drug-likeness (QED) is 0.691. The molecule has 1 aliphatic heterocycles. The van der Waals surface area contributed by atoms with Crippen LogP contribution in [0.25, 0.3) is 5.69 Å². The average molecular weight is 387 g/mol. The molecule has 1 saturated heterocycles. The second-order valence-electron chi connectivity index (χ2n) is 6.17. The van der Waals surface area contributed by atoms with E-state index >= 15 is 0 Å². The van der Waals surface area contributed by atoms with Crippen molar-refractivity contribution in [1.82, 2.24) is 25.1 Å². The van der Waals surface area contributed by atoms with Gasteiger partial charge in [-0.05, 0) is 46.8 Å². The summed E-state index contributed by atoms with van der Waals surface area (Å²) in [6.07, 6.45) is 1.38. The number of tetrazole rings is 1. The molecular weight excluding hydrogens is 371 g/mol. The van der Waals surface area contributed by atoms with Crippen LogP contribution in [0, 0.1) is 5.82 Å². The Labute approximate surface area is 159 Å². The molecular formula is C18H16ClFN6O. The van der Waals surface area contributed by atoms with Crippen molar-refractivity contribution in [3.63, 3.8) is 0 Å². The first-order valence-corrected chi connectivity index (χ1v) is 8.82. The Hall–Kier alpha value is -3.00. The minimum absolute atomic E-state index is 0.235. The van der Waals surface area contributed by atoms with Gasteiger partial charge in [-0.3, -0.25) is 4.79 Å². The largest absolute Gasteiger partial charge is 0.368 e. The molecule has 3 aromatic rings. The van der Waals surface area contributed by atoms with Gasteiger partial charge in [-0.1, -0.05) is 17.7 Å². The summed E-state index contributed by atoms with van der Waals surface area (Å²) >= 11 is 6.06. The molecule has 2 heterocycles. The van der Waals surface area contributed by atoms with Crippen LogP contribution in [-0.2, 0) is 0 Å². The van der Waals surface area contributed by atoms with Crippen LogP contribution in [0.5, 0.6) is 0 Å². The Morgan fingerprint density at radius 3 is 2.59 bits per heavy atom. The highest BCUT2D eigenvalue weighted by Crippen LogP contribution is 2.22. The Bertz CT molecular complexity index is 956. The van der Waals surface area contributed by atoms with Gasteiger partial charge in [-0.2, -0.15) is 4.68 Å². The summed E-state index contributed by atoms with van der Waals surface area (Å²) in [6.45, 7) is 2.39. The third-order valence-electron chi connectivity index (χ3n) is 4.53. The molecule has 7 nitrogen and oxygen atoms in total. The number of amides is 1. The van der Waals surface area contributed by atoms with Crippen LogP contribution in [0.2, 0.25) is 5.02 Å². The SMILES string of the molecule is O=C(c1cc(F)ccc1-n1cnnn1)N1CCN(c2cccc(Cl)c2)CC1. The first kappa shape index (κ1) is 17.4. The smallest absolute Gasteiger partial charge is 0.256 e. The predicted octanol–water partition coefficient (Wildman–Crippen LogP) is 2.42. The second-order valence-corrected chi connectivity index (χ2v) is 6.61. The summed E-state index contributed by atoms with van der Waals surface area (Å²) in [5.41, 5.74) is 1.71. The van der Waals surface area contributed by atoms with Crippen LogP contribution in [0.15, 0.2) is 48.8 Å². The number of anilines is 1. The Kier molecular flexibility index (Phi) is 4.72. The fourth-order valence-electron chi connectivity index (χ4n) is 3.16. The fourth-order valence-corrected chi connectivity index (χ4v) is 3.35. The molecule has 0 aliphatic carbocycles. The summed E-state index contributed by atoms with van der Waals surface area (Å²) in [4.78, 5) is 16.9. The van der Waals surface area contributed by atoms with Crippen molar-refractivity contribution < 1.29 is 9.18 Å². The zero-order valence-corrected chi connectivity index (χ0v) is 15.1. The Morgan fingerprint density at radius 1 is 1.07 bits per heavy atom. The van der Waals surface area contributed by atoms with Gasteiger partial charge in [0.15, 0.2) is 0 Å². The molecule has 0 N–H and O–H groups in total. The van der Waals surface area contributed by atoms with E-state index < -0.39 is 5.82 Å². The molecule has 2 aromatic carbocycles. The van der Waals surface area contributed by atoms with E-state index in [1.54, 1.807) is 4.90 Å². The molecule has 9 heteroatoms. The highest BCUT2D eigenvalue weighted by Gasteiger charge is 2.25. The summed E-state index contributed by atoms with van der Waals surface area (Å²) < 4.78 is 15.1. The minimum Gasteiger partial charge on any atom is -0.368 e. The van der Waals surface area contributed by atoms with Crippen LogP contribution in [0.4, 0.5) is 10.1 Å². The van der Waals surface area contributed by atoms with E-state index in [0.717, 1.165) is 5.69 Å². The summed E-state index contributed by atoms with van der Waals surface area (Å²) in [5.74, 6) is -0.724. The van der Waals surface area contributed by atoms with Crippen molar-refractivity contribution in [1.29, 1.82) is 0 Å². The first-order valence-electron chi connectivity index (χ1n) is 8.44. The number of nitrogens with zero attached hydrogens (tertiary/aromatic N) is 6. The molecule has 0 atom stereocenters. The number of hydrogen-bond acceptors (Lipinski definition) is 5. The van der Waals surface area contributed by atoms with Crippen LogP contribution >= 0.6 is 11.6 Å². The predicted molar refractivity (Wildman–Crippen MR) is 98.7 cm³/mol. The Morgan fingerprint density at radius 2 is 1.89 bits per heavy atom. The van der Waals surface area contributed by atoms with E-state index in [1.807, 2.05) is 24.3 Å². The molecule has 1 amide bonds. The van der Waals surface area contributed by atoms with E-state index in [-0.39, 0.29) is 11.5 Å². The van der Waals surface area contributed by atoms with E-state index in [4.69, 9.17) is 11.6 Å². The molecule has 0 saturated carbocycles. The molecule has 138 valence electrons. The zero-order chi connectivity index (χ0) is 18.8. The van der Waals surface area contributed by atoms with Crippen LogP contribution in [0.3, 0.4) is 0 Å². The molecule has 0 spiro atoms. The number of aromatic nitrogens is 4. The number of carbonyl (C=O) groups is 1. The average Bonchev–Trinajstić information content (AvgIpc) is 3.22. The van der Waals surface area contributed by atoms with Crippen LogP contribution in [0.1, 0.15) is 10.4 Å². The Balaban J connectivity index is 1.53. The standard InChI is InChI=1S/C18H16ClFN6O/c19-13-2-1-3-15(10-13)24-6-8-25(9-7-24)18(27)16-11-14(20)4-5-17(16)26-12-21-22-23-26/h1-5,10-12H,6-9H2. The van der Waals surface area contributed by atoms with Gasteiger partial charge in [0.25, 0.3) is 5.91 Å². The lowest BCUT2D eigenvalue weighted by atomic mass is 10.1. The maximum atomic E-state index is 13.8. The van der Waals surface area contributed by atoms with Crippen molar-refractivity contribution in [2.45, 2.75) is 0 Å². The van der Waals surface area contributed by atoms with Crippen molar-refractivity contribution >= 4 is 23.2 Å². The van der Waals surface area contributed by atoms with Gasteiger partial charge < -0.3 is 9.80 Å². The number of carbonyl (C=O) groups excluding carboxylic acids is 1. The van der Waals surface area contributed by atoms with Crippen molar-refractivity contribution in [2.24, 2.45) is 0 Å². The normalized spacial score (nSPS) is 14.4. The zero-order valence-electron chi connectivity index (χ0n) is 14.3. The lowest BCUT2D eigenvalue weighted by Gasteiger charge is -2.36. The number of rotatable bonds is 3. The van der Waals surface area contributed by atoms with E-state index in [2.05, 4.69) is 20.4 Å². The molecule has 1 aliphatic rings. The van der Waals surface area contributed by atoms with Crippen molar-refractivity contribution in [3.8, 4) is 5.69 Å². The monoisotopic (exact) mass is 386 g/mol. The van der Waals surface area contributed by atoms with E-state index in [0.29, 0.717) is 36.9 Å². The molecule has 1 aromatic heterocycles. The molecule has 0 unspecified atom stereocenters. The maximum absolute atomic E-state index is 13.8. The van der Waals surface area contributed by atoms with Crippen LogP contribution < -0.4 is 4.90 Å². The van der Waals surface area contributed by atoms with Gasteiger partial charge in [0.05, 0.1) is 11.3 Å². The molecule has 4 rings (SSSR count). The number of piperazine rings is 1. The van der Waals surface area contributed by atoms with Gasteiger partial charge in [0, 0.05) is 36.9 Å². The van der Waals surface area contributed by atoms with Gasteiger partial charge in [-0.25, -0.2) is 4.39 Å². The highest BCUT2D eigenvalue weighted by atomic mass is 35.5. The van der Waals surface area contributed by atoms with Gasteiger partial charge in [0.2, 0.25) is 0 Å². The van der Waals surface area contributed by atoms with E-state index in [1.165, 1.54) is 29.2 Å². The number of benzene rings is 2. The lowest BCUT2D eigenvalue weighted by Crippen LogP contribution is -2.49. The third kappa shape index (κ3) is 3.61. The van der Waals surface area contributed by atoms with Gasteiger partial charge >= 0.3 is 0 Å². The molecule has 0 radical (unpaired) electrons. The van der Waals surface area contributed by atoms with Gasteiger partial charge in [-0.15, -0.1) is 5.10 Å². The molecule has 27 heavy (non-hydrogen) atoms. The second kappa shape index (κ2) is 7.32. The van der Waals surface area contributed by atoms with Crippen molar-refractivity contribution in [3.05, 3.63) is 65.2 Å². The molecule has 1 fully saturated rings. The minimum atomic E-state index is -0.479. The number of hydrogen-bond donors (Lipinski definition) is 0. The van der Waals surface area contributed by atoms with Crippen molar-refractivity contribution in [2.75, 3.05) is 31.1 Å². The lowest BCUT2D eigenvalue weighted by molar-refractivity contribution is 0.0746. The first-order chi connectivity index (χ1) is 13.1. The number of halogens is 2. The maximum Gasteiger partial charge on any atom is 0.256 e.